The minimum absolute atomic E-state index is 0.103. The van der Waals surface area contributed by atoms with Gasteiger partial charge in [0.05, 0.1) is 42.1 Å². The van der Waals surface area contributed by atoms with Crippen molar-refractivity contribution in [2.75, 3.05) is 19.7 Å². The fourth-order valence-corrected chi connectivity index (χ4v) is 5.21. The molecule has 0 aliphatic carbocycles. The summed E-state index contributed by atoms with van der Waals surface area (Å²) in [5.41, 5.74) is 8.45. The van der Waals surface area contributed by atoms with Crippen LogP contribution in [0, 0.1) is 17.0 Å². The molecule has 5 N–H and O–H groups in total. The summed E-state index contributed by atoms with van der Waals surface area (Å²) in [5, 5.41) is 7.23. The standard InChI is InChI=1S/C28H31F5N6O4/c1-26(2,35)24(41)17-9-15(18(29)10-19(17)30)12-43-13-20(34)22(40)23-27(11-16-5-3-4-7-36-16)21(6-8-37-23)38-39(25(27)42)14-28(31,32)33/h3-5,7,9-10,20,23,37H,6,8,11-14,34-35H2,1-2H3/t20-,23?,27?/m0/s1. The second kappa shape index (κ2) is 12.1. The number of amides is 1. The lowest BCUT2D eigenvalue weighted by molar-refractivity contribution is -0.164. The van der Waals surface area contributed by atoms with Crippen LogP contribution < -0.4 is 16.8 Å². The van der Waals surface area contributed by atoms with E-state index in [2.05, 4.69) is 15.4 Å². The van der Waals surface area contributed by atoms with Gasteiger partial charge >= 0.3 is 6.18 Å². The van der Waals surface area contributed by atoms with Crippen molar-refractivity contribution >= 4 is 23.2 Å². The highest BCUT2D eigenvalue weighted by Crippen LogP contribution is 2.41. The van der Waals surface area contributed by atoms with Gasteiger partial charge in [-0.05, 0) is 32.0 Å². The van der Waals surface area contributed by atoms with Crippen LogP contribution in [0.1, 0.15) is 41.9 Å². The molecule has 10 nitrogen and oxygen atoms in total. The number of hydrazone groups is 1. The Morgan fingerprint density at radius 3 is 2.56 bits per heavy atom. The van der Waals surface area contributed by atoms with Crippen molar-refractivity contribution in [3.63, 3.8) is 0 Å². The minimum atomic E-state index is -4.74. The van der Waals surface area contributed by atoms with Crippen LogP contribution in [0.5, 0.6) is 0 Å². The number of carbonyl (C=O) groups is 3. The van der Waals surface area contributed by atoms with Gasteiger partial charge in [-0.3, -0.25) is 19.4 Å². The maximum Gasteiger partial charge on any atom is 0.408 e. The molecule has 232 valence electrons. The molecule has 1 amide bonds. The summed E-state index contributed by atoms with van der Waals surface area (Å²) in [4.78, 5) is 43.9. The van der Waals surface area contributed by atoms with E-state index in [1.165, 1.54) is 20.0 Å². The van der Waals surface area contributed by atoms with E-state index in [0.717, 1.165) is 6.07 Å². The Kier molecular flexibility index (Phi) is 9.11. The molecule has 2 aromatic rings. The van der Waals surface area contributed by atoms with Crippen LogP contribution in [0.25, 0.3) is 0 Å². The lowest BCUT2D eigenvalue weighted by Gasteiger charge is -2.40. The van der Waals surface area contributed by atoms with E-state index >= 15 is 0 Å². The Bertz CT molecular complexity index is 1430. The summed E-state index contributed by atoms with van der Waals surface area (Å²) in [7, 11) is 0. The molecule has 2 unspecified atom stereocenters. The van der Waals surface area contributed by atoms with E-state index in [1.54, 1.807) is 18.2 Å². The number of pyridine rings is 1. The molecule has 4 rings (SSSR count). The van der Waals surface area contributed by atoms with Crippen LogP contribution in [-0.4, -0.2) is 76.7 Å². The number of fused-ring (bicyclic) bond motifs is 1. The van der Waals surface area contributed by atoms with Crippen molar-refractivity contribution in [3.8, 4) is 0 Å². The molecule has 1 aromatic heterocycles. The van der Waals surface area contributed by atoms with E-state index < -0.39 is 83.6 Å². The van der Waals surface area contributed by atoms with E-state index in [-0.39, 0.29) is 30.7 Å². The number of nitrogens with two attached hydrogens (primary N) is 2. The summed E-state index contributed by atoms with van der Waals surface area (Å²) in [6, 6.07) is 3.55. The molecule has 15 heteroatoms. The predicted octanol–water partition coefficient (Wildman–Crippen LogP) is 2.04. The highest BCUT2D eigenvalue weighted by molar-refractivity contribution is 6.17. The van der Waals surface area contributed by atoms with Crippen LogP contribution in [0.3, 0.4) is 0 Å². The van der Waals surface area contributed by atoms with Crippen LogP contribution in [0.15, 0.2) is 41.6 Å². The molecule has 2 aliphatic heterocycles. The number of ether oxygens (including phenoxy) is 1. The second-order valence-electron chi connectivity index (χ2n) is 11.1. The monoisotopic (exact) mass is 610 g/mol. The number of hydrogen-bond donors (Lipinski definition) is 3. The number of Topliss-reactive ketones (excluding diaryl/α,β-unsaturated/α-hetero) is 2. The Morgan fingerprint density at radius 2 is 1.93 bits per heavy atom. The number of nitrogens with one attached hydrogen (secondary N) is 1. The van der Waals surface area contributed by atoms with Gasteiger partial charge in [0.1, 0.15) is 23.6 Å². The Hall–Kier alpha value is -3.66. The third kappa shape index (κ3) is 6.79. The number of hydrogen-bond acceptors (Lipinski definition) is 9. The molecular weight excluding hydrogens is 579 g/mol. The zero-order valence-electron chi connectivity index (χ0n) is 23.4. The van der Waals surface area contributed by atoms with Crippen LogP contribution in [0.4, 0.5) is 22.0 Å². The van der Waals surface area contributed by atoms with E-state index in [4.69, 9.17) is 16.2 Å². The van der Waals surface area contributed by atoms with Crippen LogP contribution in [0.2, 0.25) is 0 Å². The zero-order valence-corrected chi connectivity index (χ0v) is 23.4. The number of ketones is 2. The minimum Gasteiger partial charge on any atom is -0.375 e. The van der Waals surface area contributed by atoms with Gasteiger partial charge in [0.2, 0.25) is 0 Å². The lowest BCUT2D eigenvalue weighted by Crippen LogP contribution is -2.65. The number of alkyl halides is 3. The van der Waals surface area contributed by atoms with Crippen molar-refractivity contribution in [1.82, 2.24) is 15.3 Å². The van der Waals surface area contributed by atoms with Gasteiger partial charge < -0.3 is 21.5 Å². The summed E-state index contributed by atoms with van der Waals surface area (Å²) < 4.78 is 74.0. The van der Waals surface area contributed by atoms with Gasteiger partial charge in [-0.1, -0.05) is 6.07 Å². The molecule has 1 saturated heterocycles. The number of benzene rings is 1. The number of rotatable bonds is 11. The lowest BCUT2D eigenvalue weighted by atomic mass is 9.67. The summed E-state index contributed by atoms with van der Waals surface area (Å²) in [5.74, 6) is -4.63. The van der Waals surface area contributed by atoms with Crippen molar-refractivity contribution in [2.45, 2.75) is 57.1 Å². The highest BCUT2D eigenvalue weighted by Gasteiger charge is 2.61. The Morgan fingerprint density at radius 1 is 1.21 bits per heavy atom. The number of aromatic nitrogens is 1. The maximum absolute atomic E-state index is 14.5. The van der Waals surface area contributed by atoms with E-state index in [0.29, 0.717) is 16.8 Å². The average Bonchev–Trinajstić information content (AvgIpc) is 3.18. The molecule has 1 aromatic carbocycles. The fraction of sp³-hybridized carbons (Fsp3) is 0.464. The largest absolute Gasteiger partial charge is 0.408 e. The molecule has 3 atom stereocenters. The first-order chi connectivity index (χ1) is 20.0. The van der Waals surface area contributed by atoms with Gasteiger partial charge in [0.25, 0.3) is 5.91 Å². The van der Waals surface area contributed by atoms with Crippen LogP contribution >= 0.6 is 0 Å². The predicted molar refractivity (Wildman–Crippen MR) is 144 cm³/mol. The van der Waals surface area contributed by atoms with Crippen molar-refractivity contribution in [3.05, 3.63) is 65.0 Å². The van der Waals surface area contributed by atoms with Gasteiger partial charge in [0, 0.05) is 42.9 Å². The topological polar surface area (TPSA) is 153 Å². The normalized spacial score (nSPS) is 21.4. The number of carbonyl (C=O) groups excluding carboxylic acids is 3. The van der Waals surface area contributed by atoms with E-state index in [9.17, 15) is 36.3 Å². The third-order valence-electron chi connectivity index (χ3n) is 7.26. The van der Waals surface area contributed by atoms with E-state index in [1.807, 2.05) is 0 Å². The molecule has 0 spiro atoms. The summed E-state index contributed by atoms with van der Waals surface area (Å²) in [6.07, 6.45) is -3.40. The highest BCUT2D eigenvalue weighted by atomic mass is 19.4. The zero-order chi connectivity index (χ0) is 31.7. The first-order valence-corrected chi connectivity index (χ1v) is 13.3. The summed E-state index contributed by atoms with van der Waals surface area (Å²) in [6.45, 7) is 0.241. The van der Waals surface area contributed by atoms with Gasteiger partial charge in [-0.15, -0.1) is 0 Å². The SMILES string of the molecule is CC(C)(N)C(=O)c1cc(COC[C@H](N)C(=O)C2NCCC3=NN(CC(F)(F)F)C(=O)C32Cc2ccccn2)c(F)cc1F. The molecule has 43 heavy (non-hydrogen) atoms. The van der Waals surface area contributed by atoms with Crippen molar-refractivity contribution < 1.29 is 41.1 Å². The third-order valence-corrected chi connectivity index (χ3v) is 7.26. The molecule has 0 bridgehead atoms. The first-order valence-electron chi connectivity index (χ1n) is 13.3. The molecule has 2 aliphatic rings. The smallest absolute Gasteiger partial charge is 0.375 e. The first kappa shape index (κ1) is 32.3. The van der Waals surface area contributed by atoms with Crippen LogP contribution in [-0.2, 0) is 27.4 Å². The summed E-state index contributed by atoms with van der Waals surface area (Å²) >= 11 is 0. The quantitative estimate of drug-likeness (QED) is 0.258. The fourth-order valence-electron chi connectivity index (χ4n) is 5.21. The molecule has 1 fully saturated rings. The average molecular weight is 611 g/mol. The maximum atomic E-state index is 14.5. The van der Waals surface area contributed by atoms with Gasteiger partial charge in [-0.2, -0.15) is 18.3 Å². The molecule has 0 radical (unpaired) electrons. The Labute approximate surface area is 243 Å². The second-order valence-corrected chi connectivity index (χ2v) is 11.1. The molecular formula is C28H31F5N6O4. The van der Waals surface area contributed by atoms with Gasteiger partial charge in [0.15, 0.2) is 11.6 Å². The molecule has 0 saturated carbocycles. The number of nitrogens with zero attached hydrogens (tertiary/aromatic N) is 3. The Balaban J connectivity index is 1.55. The van der Waals surface area contributed by atoms with Crippen molar-refractivity contribution in [1.29, 1.82) is 0 Å². The van der Waals surface area contributed by atoms with Gasteiger partial charge in [-0.25, -0.2) is 13.8 Å². The number of halogens is 5. The number of piperidine rings is 1. The van der Waals surface area contributed by atoms with Crippen molar-refractivity contribution in [2.24, 2.45) is 22.0 Å². The molecule has 3 heterocycles.